The molecular weight excluding hydrogens is 901 g/mol. The Kier molecular flexibility index (Phi) is 15.1. The van der Waals surface area contributed by atoms with Gasteiger partial charge in [-0.1, -0.05) is 36.4 Å². The van der Waals surface area contributed by atoms with E-state index in [0.29, 0.717) is 37.1 Å². The second kappa shape index (κ2) is 21.9. The third-order valence-electron chi connectivity index (χ3n) is 13.0. The number of carbonyl (C=O) groups excluding carboxylic acids is 1. The zero-order chi connectivity index (χ0) is 47.9. The summed E-state index contributed by atoms with van der Waals surface area (Å²) in [5.41, 5.74) is 16.6. The van der Waals surface area contributed by atoms with E-state index in [1.807, 2.05) is 12.7 Å². The maximum absolute atomic E-state index is 11.4. The molecule has 7 N–H and O–H groups in total. The van der Waals surface area contributed by atoms with Gasteiger partial charge in [-0.2, -0.15) is 42.6 Å². The van der Waals surface area contributed by atoms with Gasteiger partial charge in [-0.3, -0.25) is 4.79 Å². The fourth-order valence-corrected chi connectivity index (χ4v) is 10.5. The molecule has 2 aromatic carbocycles. The van der Waals surface area contributed by atoms with Crippen LogP contribution in [0.1, 0.15) is 109 Å². The highest BCUT2D eigenvalue weighted by Crippen LogP contribution is 2.30. The van der Waals surface area contributed by atoms with Crippen LogP contribution in [0.4, 0.5) is 23.5 Å². The summed E-state index contributed by atoms with van der Waals surface area (Å²) < 4.78 is 4.18. The van der Waals surface area contributed by atoms with Crippen molar-refractivity contribution in [2.75, 3.05) is 21.3 Å². The van der Waals surface area contributed by atoms with Crippen molar-refractivity contribution in [3.63, 3.8) is 0 Å². The molecule has 0 unspecified atom stereocenters. The van der Waals surface area contributed by atoms with Crippen LogP contribution >= 0.6 is 22.7 Å². The number of hydrogen-bond donors (Lipinski definition) is 6. The van der Waals surface area contributed by atoms with Gasteiger partial charge in [0.2, 0.25) is 17.8 Å². The number of carbonyl (C=O) groups is 1. The standard InChI is InChI=1S/C27H33N7OS.C25H31N7S/c1-17(2)34-16-29-24-25(28-14-19-5-4-6-20(13-19)21-11-12-36-15-21)32-27(33-26(24)34)31-23-9-7-22(8-10-23)30-18(3)35;1-16(2)32-15-28-22-23(27-13-17-4-3-5-18(12-17)19-10-11-33-14-19)30-25(31-24(22)32)29-21-8-6-20(26)7-9-21/h4-6,11-13,15-17,22-23H,7-10,14H2,1-3H3,(H,30,35)(H2,28,31,32,33);3-5,10-12,14-16,20-21H,6-9,13,26H2,1-2H3,(H2,27,29,30,31). The molecule has 2 aliphatic rings. The molecular formula is C52H64N14OS2. The Morgan fingerprint density at radius 2 is 1.07 bits per heavy atom. The zero-order valence-electron chi connectivity index (χ0n) is 40.2. The van der Waals surface area contributed by atoms with Gasteiger partial charge < -0.3 is 41.5 Å². The van der Waals surface area contributed by atoms with E-state index in [4.69, 9.17) is 25.7 Å². The van der Waals surface area contributed by atoms with Crippen molar-refractivity contribution in [1.82, 2.24) is 44.4 Å². The lowest BCUT2D eigenvalue weighted by Crippen LogP contribution is -2.39. The smallest absolute Gasteiger partial charge is 0.227 e. The maximum atomic E-state index is 11.4. The Morgan fingerprint density at radius 3 is 1.49 bits per heavy atom. The van der Waals surface area contributed by atoms with Gasteiger partial charge in [0.15, 0.2) is 34.0 Å². The predicted molar refractivity (Wildman–Crippen MR) is 283 cm³/mol. The first-order valence-corrected chi connectivity index (χ1v) is 26.2. The fraction of sp³-hybridized carbons (Fsp3) is 0.404. The molecule has 2 fully saturated rings. The molecule has 69 heavy (non-hydrogen) atoms. The van der Waals surface area contributed by atoms with Crippen LogP contribution in [-0.4, -0.2) is 69.1 Å². The molecule has 0 atom stereocenters. The van der Waals surface area contributed by atoms with Gasteiger partial charge >= 0.3 is 0 Å². The summed E-state index contributed by atoms with van der Waals surface area (Å²) in [7, 11) is 0. The molecule has 10 rings (SSSR count). The molecule has 0 saturated heterocycles. The van der Waals surface area contributed by atoms with Crippen molar-refractivity contribution in [3.05, 3.63) is 106 Å². The molecule has 360 valence electrons. The molecule has 6 heterocycles. The van der Waals surface area contributed by atoms with Crippen LogP contribution in [0.15, 0.2) is 94.8 Å². The Hall–Kier alpha value is -6.43. The van der Waals surface area contributed by atoms with Gasteiger partial charge in [0, 0.05) is 56.3 Å². The minimum absolute atomic E-state index is 0.0405. The molecule has 15 nitrogen and oxygen atoms in total. The van der Waals surface area contributed by atoms with Gasteiger partial charge in [-0.05, 0) is 158 Å². The number of anilines is 4. The van der Waals surface area contributed by atoms with Crippen LogP contribution in [-0.2, 0) is 17.9 Å². The molecule has 8 aromatic rings. The maximum Gasteiger partial charge on any atom is 0.227 e. The molecule has 0 aliphatic heterocycles. The number of fused-ring (bicyclic) bond motifs is 2. The summed E-state index contributed by atoms with van der Waals surface area (Å²) in [4.78, 5) is 40.0. The topological polar surface area (TPSA) is 190 Å². The van der Waals surface area contributed by atoms with Crippen molar-refractivity contribution in [2.45, 2.75) is 135 Å². The lowest BCUT2D eigenvalue weighted by molar-refractivity contribution is -0.119. The molecule has 0 spiro atoms. The van der Waals surface area contributed by atoms with Crippen LogP contribution in [0.5, 0.6) is 0 Å². The number of benzene rings is 2. The Labute approximate surface area is 412 Å². The highest BCUT2D eigenvalue weighted by atomic mass is 32.1. The van der Waals surface area contributed by atoms with E-state index in [1.54, 1.807) is 29.6 Å². The monoisotopic (exact) mass is 964 g/mol. The van der Waals surface area contributed by atoms with E-state index in [0.717, 1.165) is 85.3 Å². The number of rotatable bonds is 15. The number of thiophene rings is 2. The van der Waals surface area contributed by atoms with Crippen molar-refractivity contribution in [3.8, 4) is 22.3 Å². The van der Waals surface area contributed by atoms with Crippen molar-refractivity contribution < 1.29 is 4.79 Å². The molecule has 1 amide bonds. The first-order valence-electron chi connectivity index (χ1n) is 24.3. The van der Waals surface area contributed by atoms with E-state index in [9.17, 15) is 4.79 Å². The molecule has 17 heteroatoms. The second-order valence-corrected chi connectivity index (χ2v) is 20.5. The van der Waals surface area contributed by atoms with E-state index >= 15 is 0 Å². The van der Waals surface area contributed by atoms with E-state index in [2.05, 4.69) is 156 Å². The number of nitrogens with zero attached hydrogens (tertiary/aromatic N) is 8. The number of aromatic nitrogens is 8. The van der Waals surface area contributed by atoms with Gasteiger partial charge in [0.1, 0.15) is 0 Å². The minimum Gasteiger partial charge on any atom is -0.364 e. The molecule has 0 bridgehead atoms. The third kappa shape index (κ3) is 11.9. The highest BCUT2D eigenvalue weighted by molar-refractivity contribution is 7.08. The number of amides is 1. The molecule has 2 aliphatic carbocycles. The number of nitrogens with one attached hydrogen (secondary N) is 5. The summed E-state index contributed by atoms with van der Waals surface area (Å²) in [6, 6.07) is 23.2. The fourth-order valence-electron chi connectivity index (χ4n) is 9.21. The van der Waals surface area contributed by atoms with Gasteiger partial charge in [0.25, 0.3) is 0 Å². The summed E-state index contributed by atoms with van der Waals surface area (Å²) in [5, 5.41) is 25.8. The van der Waals surface area contributed by atoms with Crippen LogP contribution in [0, 0.1) is 0 Å². The van der Waals surface area contributed by atoms with E-state index < -0.39 is 0 Å². The van der Waals surface area contributed by atoms with Gasteiger partial charge in [-0.15, -0.1) is 0 Å². The van der Waals surface area contributed by atoms with Crippen molar-refractivity contribution >= 4 is 74.4 Å². The largest absolute Gasteiger partial charge is 0.364 e. The van der Waals surface area contributed by atoms with Crippen LogP contribution in [0.2, 0.25) is 0 Å². The number of imidazole rings is 2. The summed E-state index contributed by atoms with van der Waals surface area (Å²) in [5.74, 6) is 2.80. The SMILES string of the molecule is CC(=O)NC1CCC(Nc2nc(NCc3cccc(-c4ccsc4)c3)c3ncn(C(C)C)c3n2)CC1.CC(C)n1cnc2c(NCc3cccc(-c4ccsc4)c3)nc(NC3CCC(N)CC3)nc21. The minimum atomic E-state index is 0.0405. The number of hydrogen-bond acceptors (Lipinski definition) is 14. The van der Waals surface area contributed by atoms with Crippen LogP contribution in [0.3, 0.4) is 0 Å². The first kappa shape index (κ1) is 47.6. The van der Waals surface area contributed by atoms with E-state index in [1.165, 1.54) is 33.4 Å². The van der Waals surface area contributed by atoms with Gasteiger partial charge in [-0.25, -0.2) is 9.97 Å². The average molecular weight is 965 g/mol. The highest BCUT2D eigenvalue weighted by Gasteiger charge is 2.24. The quantitative estimate of drug-likeness (QED) is 0.0571. The molecule has 6 aromatic heterocycles. The Morgan fingerprint density at radius 1 is 0.623 bits per heavy atom. The average Bonchev–Trinajstić information content (AvgIpc) is 4.20. The van der Waals surface area contributed by atoms with Crippen molar-refractivity contribution in [1.29, 1.82) is 0 Å². The first-order chi connectivity index (χ1) is 33.5. The van der Waals surface area contributed by atoms with E-state index in [-0.39, 0.29) is 30.1 Å². The third-order valence-corrected chi connectivity index (χ3v) is 14.4. The Bertz CT molecular complexity index is 2930. The lowest BCUT2D eigenvalue weighted by atomic mass is 9.91. The zero-order valence-corrected chi connectivity index (χ0v) is 41.8. The normalized spacial score (nSPS) is 18.3. The lowest BCUT2D eigenvalue weighted by Gasteiger charge is -2.29. The second-order valence-electron chi connectivity index (χ2n) is 18.9. The summed E-state index contributed by atoms with van der Waals surface area (Å²) in [6.45, 7) is 11.4. The van der Waals surface area contributed by atoms with Gasteiger partial charge in [0.05, 0.1) is 12.7 Å². The summed E-state index contributed by atoms with van der Waals surface area (Å²) >= 11 is 3.42. The summed E-state index contributed by atoms with van der Waals surface area (Å²) in [6.07, 6.45) is 11.7. The van der Waals surface area contributed by atoms with Crippen LogP contribution < -0.4 is 32.3 Å². The van der Waals surface area contributed by atoms with Crippen LogP contribution in [0.25, 0.3) is 44.6 Å². The van der Waals surface area contributed by atoms with Crippen molar-refractivity contribution in [2.24, 2.45) is 5.73 Å². The molecule has 0 radical (unpaired) electrons. The Balaban J connectivity index is 0.000000172. The predicted octanol–water partition coefficient (Wildman–Crippen LogP) is 11.0. The number of nitrogens with two attached hydrogens (primary N) is 1. The molecule has 2 saturated carbocycles.